The van der Waals surface area contributed by atoms with Gasteiger partial charge in [-0.3, -0.25) is 0 Å². The average molecular weight is 213 g/mol. The molecule has 0 aliphatic rings. The van der Waals surface area contributed by atoms with Crippen LogP contribution in [0.2, 0.25) is 0 Å². The van der Waals surface area contributed by atoms with Crippen LogP contribution in [0.15, 0.2) is 0 Å². The van der Waals surface area contributed by atoms with Gasteiger partial charge in [-0.05, 0) is 0 Å². The first-order chi connectivity index (χ1) is 0. The molecule has 0 unspecified atom stereocenters. The summed E-state index contributed by atoms with van der Waals surface area (Å²) < 4.78 is 0. The summed E-state index contributed by atoms with van der Waals surface area (Å²) in [7, 11) is 0. The molecule has 4 heavy (non-hydrogen) atoms. The van der Waals surface area contributed by atoms with Crippen LogP contribution >= 0.6 is 0 Å². The Hall–Kier alpha value is 3.22. The van der Waals surface area contributed by atoms with Crippen LogP contribution in [0.3, 0.4) is 0 Å². The summed E-state index contributed by atoms with van der Waals surface area (Å²) in [6.45, 7) is 0. The molecule has 0 fully saturated rings. The fourth-order valence-electron chi connectivity index (χ4n) is 0. The Balaban J connectivity index is 0. The van der Waals surface area contributed by atoms with Crippen LogP contribution < -0.4 is 0 Å². The molecule has 0 aromatic heterocycles. The molecule has 0 aromatic carbocycles. The van der Waals surface area contributed by atoms with Gasteiger partial charge in [0.2, 0.25) is 0 Å². The third-order valence-corrected chi connectivity index (χ3v) is 0. The van der Waals surface area contributed by atoms with Crippen molar-refractivity contribution in [3.8, 4) is 0 Å². The van der Waals surface area contributed by atoms with Crippen molar-refractivity contribution in [2.75, 3.05) is 0 Å². The molecule has 0 amide bonds. The maximum absolute atomic E-state index is 0. The molecule has 27 valence electrons. The van der Waals surface area contributed by atoms with Crippen molar-refractivity contribution in [2.45, 2.75) is 0 Å². The minimum atomic E-state index is 0. The van der Waals surface area contributed by atoms with E-state index in [1.54, 1.807) is 0 Å². The molecular weight excluding hydrogens is 207 g/mol. The molecule has 4 heteroatoms. The van der Waals surface area contributed by atoms with E-state index in [1.807, 2.05) is 0 Å². The second-order valence-corrected chi connectivity index (χ2v) is 0. The van der Waals surface area contributed by atoms with E-state index < -0.39 is 0 Å². The van der Waals surface area contributed by atoms with Crippen LogP contribution in [0.25, 0.3) is 0 Å². The maximum atomic E-state index is 0. The summed E-state index contributed by atoms with van der Waals surface area (Å²) in [5, 5.41) is 0. The Morgan fingerprint density at radius 3 is 1.00 bits per heavy atom. The van der Waals surface area contributed by atoms with E-state index in [2.05, 4.69) is 0 Å². The molecule has 0 aliphatic heterocycles. The third kappa shape index (κ3) is 8.97. The Kier molecular flexibility index (Phi) is 110. The van der Waals surface area contributed by atoms with Gasteiger partial charge in [0.05, 0.1) is 0 Å². The van der Waals surface area contributed by atoms with E-state index in [4.69, 9.17) is 0 Å². The van der Waals surface area contributed by atoms with Gasteiger partial charge in [-0.15, -0.1) is 0 Å². The van der Waals surface area contributed by atoms with Crippen LogP contribution in [0, 0.1) is 0 Å². The van der Waals surface area contributed by atoms with Gasteiger partial charge in [-0.25, -0.2) is 0 Å². The molecule has 0 atom stereocenters. The molecule has 0 saturated carbocycles. The molecule has 0 heterocycles. The SMILES string of the molecule is O.[CaH2].[Cu].[SrH2]. The second-order valence-electron chi connectivity index (χ2n) is 0. The number of rotatable bonds is 0. The van der Waals surface area contributed by atoms with Crippen LogP contribution in [0.1, 0.15) is 0 Å². The van der Waals surface area contributed by atoms with Gasteiger partial charge in [-0.1, -0.05) is 0 Å². The van der Waals surface area contributed by atoms with E-state index >= 15 is 0 Å². The molecular formula is H6CaCuOSr. The number of hydrogen-bond acceptors (Lipinski definition) is 0. The molecule has 1 nitrogen and oxygen atoms in total. The molecule has 0 rings (SSSR count). The standard InChI is InChI=1S/Ca.Cu.H2O.Sr.4H/h;;1H2;;;;;. The van der Waals surface area contributed by atoms with Crippen LogP contribution in [0.4, 0.5) is 0 Å². The van der Waals surface area contributed by atoms with Crippen molar-refractivity contribution in [1.29, 1.82) is 0 Å². The summed E-state index contributed by atoms with van der Waals surface area (Å²) in [6.07, 6.45) is 0. The number of hydrogen-bond donors (Lipinski definition) is 0. The van der Waals surface area contributed by atoms with Gasteiger partial charge in [0.15, 0.2) is 0 Å². The molecule has 0 spiro atoms. The van der Waals surface area contributed by atoms with E-state index in [-0.39, 0.29) is 106 Å². The van der Waals surface area contributed by atoms with Crippen LogP contribution in [0.5, 0.6) is 0 Å². The first kappa shape index (κ1) is 26.9. The summed E-state index contributed by atoms with van der Waals surface area (Å²) in [4.78, 5) is 0. The van der Waals surface area contributed by atoms with E-state index in [0.29, 0.717) is 0 Å². The van der Waals surface area contributed by atoms with Gasteiger partial charge < -0.3 is 5.48 Å². The molecule has 0 aliphatic carbocycles. The Labute approximate surface area is 103 Å². The first-order valence-electron chi connectivity index (χ1n) is 0. The average Bonchev–Trinajstić information content (AvgIpc) is 0. The Morgan fingerprint density at radius 1 is 1.00 bits per heavy atom. The van der Waals surface area contributed by atoms with Gasteiger partial charge in [0.25, 0.3) is 0 Å². The van der Waals surface area contributed by atoms with Crippen molar-refractivity contribution in [1.82, 2.24) is 0 Å². The van der Waals surface area contributed by atoms with Gasteiger partial charge in [0.1, 0.15) is 0 Å². The summed E-state index contributed by atoms with van der Waals surface area (Å²) in [5.41, 5.74) is 0. The zero-order chi connectivity index (χ0) is 0. The zero-order valence-corrected chi connectivity index (χ0v) is 1.74. The third-order valence-electron chi connectivity index (χ3n) is 0. The second kappa shape index (κ2) is 16.3. The fraction of sp³-hybridized carbons (Fsp3) is 0. The van der Waals surface area contributed by atoms with Crippen molar-refractivity contribution >= 4 is 83.2 Å². The quantitative estimate of drug-likeness (QED) is 0.393. The molecule has 0 bridgehead atoms. The summed E-state index contributed by atoms with van der Waals surface area (Å²) >= 11 is 0. The molecule has 0 saturated heterocycles. The zero-order valence-electron chi connectivity index (χ0n) is 0.802. The Morgan fingerprint density at radius 2 is 1.00 bits per heavy atom. The van der Waals surface area contributed by atoms with Crippen molar-refractivity contribution in [3.05, 3.63) is 0 Å². The van der Waals surface area contributed by atoms with Crippen molar-refractivity contribution in [2.24, 2.45) is 0 Å². The van der Waals surface area contributed by atoms with Gasteiger partial charge >= 0.3 is 83.2 Å². The fourth-order valence-corrected chi connectivity index (χ4v) is 0. The monoisotopic (exact) mass is 213 g/mol. The van der Waals surface area contributed by atoms with E-state index in [1.165, 1.54) is 0 Å². The van der Waals surface area contributed by atoms with Gasteiger partial charge in [0, 0.05) is 17.1 Å². The van der Waals surface area contributed by atoms with E-state index in [9.17, 15) is 0 Å². The summed E-state index contributed by atoms with van der Waals surface area (Å²) in [6, 6.07) is 0. The summed E-state index contributed by atoms with van der Waals surface area (Å²) in [5.74, 6) is 0. The van der Waals surface area contributed by atoms with E-state index in [0.717, 1.165) is 0 Å². The predicted octanol–water partition coefficient (Wildman–Crippen LogP) is -2.66. The Bertz CT molecular complexity index is 8.00. The first-order valence-corrected chi connectivity index (χ1v) is 0. The minimum absolute atomic E-state index is 0. The van der Waals surface area contributed by atoms with Crippen LogP contribution in [-0.2, 0) is 17.1 Å². The van der Waals surface area contributed by atoms with Crippen LogP contribution in [-0.4, -0.2) is 88.7 Å². The molecule has 2 N–H and O–H groups in total. The molecule has 1 radical (unpaired) electrons. The van der Waals surface area contributed by atoms with Gasteiger partial charge in [-0.2, -0.15) is 0 Å². The van der Waals surface area contributed by atoms with Crippen molar-refractivity contribution < 1.29 is 22.5 Å². The topological polar surface area (TPSA) is 31.5 Å². The normalized spacial score (nSPS) is 0. The predicted molar refractivity (Wildman–Crippen MR) is 20.7 cm³/mol. The van der Waals surface area contributed by atoms with Crippen molar-refractivity contribution in [3.63, 3.8) is 0 Å². The molecule has 0 aromatic rings.